The van der Waals surface area contributed by atoms with E-state index in [9.17, 15) is 8.78 Å². The summed E-state index contributed by atoms with van der Waals surface area (Å²) in [6.45, 7) is 0. The van der Waals surface area contributed by atoms with Crippen molar-refractivity contribution in [1.29, 1.82) is 0 Å². The molecule has 0 amide bonds. The summed E-state index contributed by atoms with van der Waals surface area (Å²) in [7, 11) is 0. The lowest BCUT2D eigenvalue weighted by Gasteiger charge is -2.13. The molecule has 0 unspecified atom stereocenters. The molecule has 3 aromatic carbocycles. The highest BCUT2D eigenvalue weighted by Crippen LogP contribution is 2.38. The average molecular weight is 424 g/mol. The summed E-state index contributed by atoms with van der Waals surface area (Å²) in [4.78, 5) is 0. The molecule has 0 spiro atoms. The van der Waals surface area contributed by atoms with Crippen LogP contribution in [0.1, 0.15) is 0 Å². The average Bonchev–Trinajstić information content (AvgIpc) is 2.50. The van der Waals surface area contributed by atoms with Crippen molar-refractivity contribution >= 4 is 31.9 Å². The Labute approximate surface area is 144 Å². The van der Waals surface area contributed by atoms with Gasteiger partial charge in [-0.05, 0) is 47.0 Å². The van der Waals surface area contributed by atoms with Gasteiger partial charge in [-0.1, -0.05) is 62.2 Å². The second-order valence-corrected chi connectivity index (χ2v) is 6.57. The van der Waals surface area contributed by atoms with Crippen LogP contribution in [0.15, 0.2) is 69.6 Å². The molecule has 0 saturated carbocycles. The molecule has 0 saturated heterocycles. The van der Waals surface area contributed by atoms with Crippen LogP contribution in [-0.4, -0.2) is 0 Å². The van der Waals surface area contributed by atoms with Crippen molar-refractivity contribution < 1.29 is 8.78 Å². The van der Waals surface area contributed by atoms with E-state index in [-0.39, 0.29) is 0 Å². The molecule has 0 aliphatic rings. The van der Waals surface area contributed by atoms with Crippen molar-refractivity contribution in [3.05, 3.63) is 81.2 Å². The predicted octanol–water partition coefficient (Wildman–Crippen LogP) is 6.82. The van der Waals surface area contributed by atoms with Crippen molar-refractivity contribution in [1.82, 2.24) is 0 Å². The van der Waals surface area contributed by atoms with E-state index >= 15 is 0 Å². The van der Waals surface area contributed by atoms with Crippen LogP contribution in [0.3, 0.4) is 0 Å². The number of hydrogen-bond acceptors (Lipinski definition) is 0. The molecule has 0 heterocycles. The highest BCUT2D eigenvalue weighted by Gasteiger charge is 2.13. The van der Waals surface area contributed by atoms with E-state index in [4.69, 9.17) is 0 Å². The van der Waals surface area contributed by atoms with Gasteiger partial charge in [0.25, 0.3) is 0 Å². The Bertz CT molecular complexity index is 844. The molecule has 0 bridgehead atoms. The largest absolute Gasteiger partial charge is 0.204 e. The molecule has 110 valence electrons. The molecule has 0 nitrogen and oxygen atoms in total. The van der Waals surface area contributed by atoms with Crippen molar-refractivity contribution in [2.75, 3.05) is 0 Å². The molecule has 0 fully saturated rings. The summed E-state index contributed by atoms with van der Waals surface area (Å²) in [5.41, 5.74) is 3.40. The van der Waals surface area contributed by atoms with Crippen LogP contribution in [0, 0.1) is 11.6 Å². The fourth-order valence-corrected chi connectivity index (χ4v) is 3.36. The van der Waals surface area contributed by atoms with Gasteiger partial charge >= 0.3 is 0 Å². The molecule has 0 aliphatic heterocycles. The van der Waals surface area contributed by atoms with E-state index in [0.29, 0.717) is 5.56 Å². The summed E-state index contributed by atoms with van der Waals surface area (Å²) >= 11 is 6.97. The smallest absolute Gasteiger partial charge is 0.159 e. The summed E-state index contributed by atoms with van der Waals surface area (Å²) in [6.07, 6.45) is 0. The first-order valence-corrected chi connectivity index (χ1v) is 8.15. The molecule has 0 radical (unpaired) electrons. The van der Waals surface area contributed by atoms with Crippen molar-refractivity contribution in [3.8, 4) is 22.3 Å². The van der Waals surface area contributed by atoms with Gasteiger partial charge in [-0.25, -0.2) is 8.78 Å². The van der Waals surface area contributed by atoms with Crippen molar-refractivity contribution in [2.24, 2.45) is 0 Å². The van der Waals surface area contributed by atoms with Gasteiger partial charge in [0.1, 0.15) is 0 Å². The lowest BCUT2D eigenvalue weighted by atomic mass is 9.94. The number of halogens is 4. The Hall–Kier alpha value is -1.52. The second-order valence-electron chi connectivity index (χ2n) is 4.80. The lowest BCUT2D eigenvalue weighted by molar-refractivity contribution is 0.509. The monoisotopic (exact) mass is 422 g/mol. The van der Waals surface area contributed by atoms with E-state index in [1.54, 1.807) is 6.07 Å². The topological polar surface area (TPSA) is 0 Å². The molecule has 3 rings (SSSR count). The molecule has 3 aromatic rings. The van der Waals surface area contributed by atoms with Gasteiger partial charge in [-0.15, -0.1) is 0 Å². The minimum absolute atomic E-state index is 0.626. The Morgan fingerprint density at radius 3 is 2.18 bits per heavy atom. The van der Waals surface area contributed by atoms with Gasteiger partial charge in [-0.2, -0.15) is 0 Å². The third-order valence-corrected chi connectivity index (χ3v) is 4.51. The van der Waals surface area contributed by atoms with Crippen LogP contribution in [0.2, 0.25) is 0 Å². The van der Waals surface area contributed by atoms with Gasteiger partial charge in [-0.3, -0.25) is 0 Å². The third-order valence-electron chi connectivity index (χ3n) is 3.36. The molecule has 22 heavy (non-hydrogen) atoms. The highest BCUT2D eigenvalue weighted by atomic mass is 79.9. The van der Waals surface area contributed by atoms with Crippen LogP contribution >= 0.6 is 31.9 Å². The van der Waals surface area contributed by atoms with E-state index in [1.165, 1.54) is 6.07 Å². The summed E-state index contributed by atoms with van der Waals surface area (Å²) < 4.78 is 28.6. The molecule has 0 N–H and O–H groups in total. The summed E-state index contributed by atoms with van der Waals surface area (Å²) in [5, 5.41) is 0. The molecule has 4 heteroatoms. The zero-order valence-electron chi connectivity index (χ0n) is 11.3. The zero-order valence-corrected chi connectivity index (χ0v) is 14.5. The highest BCUT2D eigenvalue weighted by molar-refractivity contribution is 9.10. The molecular weight excluding hydrogens is 414 g/mol. The first-order valence-electron chi connectivity index (χ1n) is 6.56. The quantitative estimate of drug-likeness (QED) is 0.424. The molecule has 0 aliphatic carbocycles. The fourth-order valence-electron chi connectivity index (χ4n) is 2.37. The van der Waals surface area contributed by atoms with Crippen LogP contribution < -0.4 is 0 Å². The Morgan fingerprint density at radius 1 is 0.682 bits per heavy atom. The van der Waals surface area contributed by atoms with Crippen LogP contribution in [0.4, 0.5) is 8.78 Å². The second kappa shape index (κ2) is 6.31. The predicted molar refractivity (Wildman–Crippen MR) is 92.6 cm³/mol. The van der Waals surface area contributed by atoms with Gasteiger partial charge < -0.3 is 0 Å². The molecule has 0 aromatic heterocycles. The van der Waals surface area contributed by atoms with Crippen LogP contribution in [-0.2, 0) is 0 Å². The van der Waals surface area contributed by atoms with E-state index in [1.807, 2.05) is 42.5 Å². The van der Waals surface area contributed by atoms with Gasteiger partial charge in [0.2, 0.25) is 0 Å². The number of hydrogen-bond donors (Lipinski definition) is 0. The minimum Gasteiger partial charge on any atom is -0.204 e. The normalized spacial score (nSPS) is 10.7. The van der Waals surface area contributed by atoms with E-state index < -0.39 is 11.6 Å². The maximum Gasteiger partial charge on any atom is 0.159 e. The van der Waals surface area contributed by atoms with Gasteiger partial charge in [0.05, 0.1) is 0 Å². The fraction of sp³-hybridized carbons (Fsp3) is 0. The minimum atomic E-state index is -0.853. The first kappa shape index (κ1) is 15.4. The number of benzene rings is 3. The lowest BCUT2D eigenvalue weighted by Crippen LogP contribution is -1.90. The Kier molecular flexibility index (Phi) is 4.41. The zero-order chi connectivity index (χ0) is 15.7. The Morgan fingerprint density at radius 2 is 1.45 bits per heavy atom. The van der Waals surface area contributed by atoms with Crippen molar-refractivity contribution in [3.63, 3.8) is 0 Å². The number of rotatable bonds is 2. The van der Waals surface area contributed by atoms with Crippen LogP contribution in [0.25, 0.3) is 22.3 Å². The SMILES string of the molecule is Fc1ccc(-c2c(Br)cccc2-c2cccc(Br)c2)cc1F. The maximum absolute atomic E-state index is 13.6. The van der Waals surface area contributed by atoms with E-state index in [2.05, 4.69) is 31.9 Å². The van der Waals surface area contributed by atoms with Crippen LogP contribution in [0.5, 0.6) is 0 Å². The summed E-state index contributed by atoms with van der Waals surface area (Å²) in [6, 6.07) is 17.6. The first-order chi connectivity index (χ1) is 10.6. The molecule has 0 atom stereocenters. The van der Waals surface area contributed by atoms with Gasteiger partial charge in [0, 0.05) is 14.5 Å². The van der Waals surface area contributed by atoms with Gasteiger partial charge in [0.15, 0.2) is 11.6 Å². The summed E-state index contributed by atoms with van der Waals surface area (Å²) in [5.74, 6) is -1.70. The standard InChI is InChI=1S/C18H10Br2F2/c19-13-4-1-3-11(9-13)14-5-2-6-15(20)18(14)12-7-8-16(21)17(22)10-12/h1-10H. The molecular formula is C18H10Br2F2. The third kappa shape index (κ3) is 2.99. The van der Waals surface area contributed by atoms with Crippen molar-refractivity contribution in [2.45, 2.75) is 0 Å². The maximum atomic E-state index is 13.6. The Balaban J connectivity index is 2.25. The van der Waals surface area contributed by atoms with E-state index in [0.717, 1.165) is 31.7 Å².